The molecule has 190 valence electrons. The molecule has 0 bridgehead atoms. The zero-order valence-electron chi connectivity index (χ0n) is 19.8. The molecule has 0 saturated carbocycles. The van der Waals surface area contributed by atoms with Gasteiger partial charge in [0.05, 0.1) is 19.1 Å². The number of carboxylic acids is 1. The Morgan fingerprint density at radius 1 is 1.08 bits per heavy atom. The van der Waals surface area contributed by atoms with Crippen molar-refractivity contribution in [1.82, 2.24) is 4.90 Å². The predicted molar refractivity (Wildman–Crippen MR) is 142 cm³/mol. The third-order valence-electron chi connectivity index (χ3n) is 5.38. The summed E-state index contributed by atoms with van der Waals surface area (Å²) in [5.74, 6) is -0.889. The van der Waals surface area contributed by atoms with E-state index in [0.29, 0.717) is 52.2 Å². The number of phenols is 1. The second-order valence-electron chi connectivity index (χ2n) is 7.84. The van der Waals surface area contributed by atoms with Gasteiger partial charge in [-0.1, -0.05) is 36.5 Å². The van der Waals surface area contributed by atoms with Gasteiger partial charge in [0.2, 0.25) is 5.91 Å². The number of carboxylic acid groups (broad SMARTS) is 1. The first-order valence-corrected chi connectivity index (χ1v) is 12.3. The van der Waals surface area contributed by atoms with Crippen molar-refractivity contribution in [1.29, 1.82) is 0 Å². The highest BCUT2D eigenvalue weighted by Gasteiger charge is 2.31. The maximum absolute atomic E-state index is 12.8. The zero-order chi connectivity index (χ0) is 26.2. The van der Waals surface area contributed by atoms with E-state index in [9.17, 15) is 19.5 Å². The summed E-state index contributed by atoms with van der Waals surface area (Å²) in [6, 6.07) is 9.25. The molecule has 1 aliphatic rings. The van der Waals surface area contributed by atoms with E-state index >= 15 is 0 Å². The van der Waals surface area contributed by atoms with E-state index in [0.717, 1.165) is 5.56 Å². The lowest BCUT2D eigenvalue weighted by Crippen LogP contribution is -2.29. The molecule has 2 aromatic carbocycles. The molecule has 1 aliphatic heterocycles. The number of nitrogens with zero attached hydrogens (tertiary/aromatic N) is 1. The molecule has 2 amide bonds. The highest BCUT2D eigenvalue weighted by atomic mass is 32.2. The largest absolute Gasteiger partial charge is 0.507 e. The molecule has 2 aromatic rings. The number of benzene rings is 2. The fraction of sp³-hybridized carbons (Fsp3) is 0.280. The quantitative estimate of drug-likeness (QED) is 0.219. The highest BCUT2D eigenvalue weighted by Crippen LogP contribution is 2.35. The molecule has 0 radical (unpaired) electrons. The van der Waals surface area contributed by atoms with Crippen LogP contribution in [0.5, 0.6) is 17.2 Å². The van der Waals surface area contributed by atoms with E-state index in [2.05, 4.69) is 5.32 Å². The van der Waals surface area contributed by atoms with Gasteiger partial charge in [0.15, 0.2) is 11.5 Å². The SMILES string of the molecule is COc1ccc(/C=C2\SC(=S)N(CCCCCC(=O)Nc3ccc(C(=O)O)c(O)c3)C2=O)cc1OC. The fourth-order valence-corrected chi connectivity index (χ4v) is 4.84. The van der Waals surface area contributed by atoms with Crippen LogP contribution in [0.3, 0.4) is 0 Å². The van der Waals surface area contributed by atoms with Crippen LogP contribution in [0.4, 0.5) is 5.69 Å². The van der Waals surface area contributed by atoms with Gasteiger partial charge in [0.1, 0.15) is 15.6 Å². The van der Waals surface area contributed by atoms with Gasteiger partial charge in [-0.25, -0.2) is 4.79 Å². The normalized spacial score (nSPS) is 14.3. The smallest absolute Gasteiger partial charge is 0.339 e. The summed E-state index contributed by atoms with van der Waals surface area (Å²) < 4.78 is 11.0. The highest BCUT2D eigenvalue weighted by molar-refractivity contribution is 8.26. The molecule has 1 saturated heterocycles. The number of aromatic hydroxyl groups is 1. The van der Waals surface area contributed by atoms with E-state index < -0.39 is 11.7 Å². The van der Waals surface area contributed by atoms with Crippen LogP contribution in [0.1, 0.15) is 41.6 Å². The number of anilines is 1. The van der Waals surface area contributed by atoms with Crippen LogP contribution in [0, 0.1) is 0 Å². The summed E-state index contributed by atoms with van der Waals surface area (Å²) in [6.07, 6.45) is 4.01. The molecule has 11 heteroatoms. The maximum Gasteiger partial charge on any atom is 0.339 e. The molecule has 3 rings (SSSR count). The Kier molecular flexibility index (Phi) is 9.31. The Labute approximate surface area is 218 Å². The lowest BCUT2D eigenvalue weighted by molar-refractivity contribution is -0.122. The topological polar surface area (TPSA) is 125 Å². The van der Waals surface area contributed by atoms with E-state index in [1.165, 1.54) is 30.0 Å². The zero-order valence-corrected chi connectivity index (χ0v) is 21.4. The van der Waals surface area contributed by atoms with Crippen LogP contribution < -0.4 is 14.8 Å². The van der Waals surface area contributed by atoms with Crippen LogP contribution in [-0.4, -0.2) is 58.0 Å². The number of hydrogen-bond acceptors (Lipinski definition) is 8. The number of nitrogens with one attached hydrogen (secondary N) is 1. The second kappa shape index (κ2) is 12.4. The average Bonchev–Trinajstić information content (AvgIpc) is 3.10. The van der Waals surface area contributed by atoms with Crippen molar-refractivity contribution in [2.75, 3.05) is 26.1 Å². The Morgan fingerprint density at radius 2 is 1.83 bits per heavy atom. The number of carbonyl (C=O) groups excluding carboxylic acids is 2. The van der Waals surface area contributed by atoms with Crippen LogP contribution >= 0.6 is 24.0 Å². The average molecular weight is 531 g/mol. The summed E-state index contributed by atoms with van der Waals surface area (Å²) in [4.78, 5) is 38.0. The van der Waals surface area contributed by atoms with E-state index in [1.54, 1.807) is 37.3 Å². The first-order valence-electron chi connectivity index (χ1n) is 11.1. The van der Waals surface area contributed by atoms with E-state index in [-0.39, 0.29) is 23.8 Å². The number of methoxy groups -OCH3 is 2. The van der Waals surface area contributed by atoms with Crippen molar-refractivity contribution in [3.63, 3.8) is 0 Å². The van der Waals surface area contributed by atoms with Crippen LogP contribution in [-0.2, 0) is 9.59 Å². The monoisotopic (exact) mass is 530 g/mol. The fourth-order valence-electron chi connectivity index (χ4n) is 3.53. The lowest BCUT2D eigenvalue weighted by Gasteiger charge is -2.14. The number of hydrogen-bond donors (Lipinski definition) is 3. The van der Waals surface area contributed by atoms with Crippen molar-refractivity contribution < 1.29 is 34.1 Å². The van der Waals surface area contributed by atoms with E-state index in [1.807, 2.05) is 6.07 Å². The number of thioether (sulfide) groups is 1. The molecular weight excluding hydrogens is 504 g/mol. The Hall–Kier alpha value is -3.57. The summed E-state index contributed by atoms with van der Waals surface area (Å²) in [7, 11) is 3.11. The van der Waals surface area contributed by atoms with Gasteiger partial charge < -0.3 is 25.0 Å². The summed E-state index contributed by atoms with van der Waals surface area (Å²) in [6.45, 7) is 0.458. The number of aromatic carboxylic acids is 1. The first-order chi connectivity index (χ1) is 17.2. The van der Waals surface area contributed by atoms with Crippen molar-refractivity contribution >= 4 is 57.8 Å². The summed E-state index contributed by atoms with van der Waals surface area (Å²) in [5, 5.41) is 21.3. The van der Waals surface area contributed by atoms with Crippen molar-refractivity contribution in [2.45, 2.75) is 25.7 Å². The van der Waals surface area contributed by atoms with Gasteiger partial charge in [-0.15, -0.1) is 0 Å². The summed E-state index contributed by atoms with van der Waals surface area (Å²) in [5.41, 5.74) is 0.883. The van der Waals surface area contributed by atoms with Crippen molar-refractivity contribution in [2.24, 2.45) is 0 Å². The number of carbonyl (C=O) groups is 3. The Bertz CT molecular complexity index is 1210. The van der Waals surface area contributed by atoms with Gasteiger partial charge in [-0.05, 0) is 48.7 Å². The predicted octanol–water partition coefficient (Wildman–Crippen LogP) is 4.51. The Morgan fingerprint density at radius 3 is 2.50 bits per heavy atom. The standard InChI is InChI=1S/C25H26N2O7S2/c1-33-19-10-7-15(12-20(19)34-2)13-21-23(30)27(25(35)36-21)11-5-3-4-6-22(29)26-16-8-9-17(24(31)32)18(28)14-16/h7-10,12-14,28H,3-6,11H2,1-2H3,(H,26,29)(H,31,32)/b21-13-. The number of unbranched alkanes of at least 4 members (excludes halogenated alkanes) is 2. The molecule has 1 heterocycles. The third-order valence-corrected chi connectivity index (χ3v) is 6.75. The Balaban J connectivity index is 1.45. The molecule has 36 heavy (non-hydrogen) atoms. The van der Waals surface area contributed by atoms with Crippen LogP contribution in [0.2, 0.25) is 0 Å². The first kappa shape index (κ1) is 27.0. The van der Waals surface area contributed by atoms with Crippen molar-refractivity contribution in [3.8, 4) is 17.2 Å². The second-order valence-corrected chi connectivity index (χ2v) is 9.52. The maximum atomic E-state index is 12.8. The molecule has 0 unspecified atom stereocenters. The molecule has 0 aromatic heterocycles. The van der Waals surface area contributed by atoms with Gasteiger partial charge in [0, 0.05) is 24.7 Å². The number of amides is 2. The van der Waals surface area contributed by atoms with E-state index in [4.69, 9.17) is 26.8 Å². The molecule has 0 aliphatic carbocycles. The van der Waals surface area contributed by atoms with Crippen molar-refractivity contribution in [3.05, 3.63) is 52.4 Å². The number of ether oxygens (including phenoxy) is 2. The molecule has 0 spiro atoms. The summed E-state index contributed by atoms with van der Waals surface area (Å²) >= 11 is 6.64. The molecule has 0 atom stereocenters. The minimum atomic E-state index is -1.25. The number of thiocarbonyl (C=S) groups is 1. The molecule has 3 N–H and O–H groups in total. The van der Waals surface area contributed by atoms with Crippen LogP contribution in [0.25, 0.3) is 6.08 Å². The van der Waals surface area contributed by atoms with Gasteiger partial charge in [-0.3, -0.25) is 14.5 Å². The lowest BCUT2D eigenvalue weighted by atomic mass is 10.1. The minimum absolute atomic E-state index is 0.151. The molecular formula is C25H26N2O7S2. The molecule has 1 fully saturated rings. The van der Waals surface area contributed by atoms with Gasteiger partial charge in [-0.2, -0.15) is 0 Å². The third kappa shape index (κ3) is 6.76. The number of rotatable bonds is 11. The van der Waals surface area contributed by atoms with Crippen LogP contribution in [0.15, 0.2) is 41.3 Å². The van der Waals surface area contributed by atoms with Gasteiger partial charge >= 0.3 is 5.97 Å². The molecule has 9 nitrogen and oxygen atoms in total. The van der Waals surface area contributed by atoms with Gasteiger partial charge in [0.25, 0.3) is 5.91 Å². The minimum Gasteiger partial charge on any atom is -0.507 e.